The Bertz CT molecular complexity index is 1330. The fourth-order valence-corrected chi connectivity index (χ4v) is 4.53. The standard InChI is InChI=1S/C27H26N4O5/c1-17-6-8-18(9-7-17)21-15-22(23-5-4-14-36-23)31(29-21)24(32)16-30-25(33)27(2,28-26(30)34)19-10-12-20(35-3)13-11-19/h4-14,22H,15-16H2,1-3H3,(H,28,34)/t22-,27+/m0/s1. The van der Waals surface area contributed by atoms with Crippen LogP contribution in [0.5, 0.6) is 5.75 Å². The summed E-state index contributed by atoms with van der Waals surface area (Å²) in [4.78, 5) is 40.6. The number of hydrazone groups is 1. The second-order valence-electron chi connectivity index (χ2n) is 9.06. The molecule has 9 nitrogen and oxygen atoms in total. The SMILES string of the molecule is COc1ccc([C@@]2(C)NC(=O)N(CC(=O)N3N=C(c4ccc(C)cc4)C[C@H]3c3ccco3)C2=O)cc1. The first kappa shape index (κ1) is 23.3. The predicted molar refractivity (Wildman–Crippen MR) is 131 cm³/mol. The van der Waals surface area contributed by atoms with E-state index >= 15 is 0 Å². The van der Waals surface area contributed by atoms with Gasteiger partial charge in [-0.3, -0.25) is 14.5 Å². The van der Waals surface area contributed by atoms with Crippen LogP contribution in [0.15, 0.2) is 76.4 Å². The molecule has 36 heavy (non-hydrogen) atoms. The second kappa shape index (κ2) is 8.99. The maximum atomic E-state index is 13.4. The van der Waals surface area contributed by atoms with Crippen LogP contribution in [0, 0.1) is 6.92 Å². The third-order valence-electron chi connectivity index (χ3n) is 6.66. The number of aryl methyl sites for hydroxylation is 1. The van der Waals surface area contributed by atoms with Gasteiger partial charge in [0.2, 0.25) is 0 Å². The molecule has 9 heteroatoms. The Morgan fingerprint density at radius 3 is 2.50 bits per heavy atom. The van der Waals surface area contributed by atoms with Crippen LogP contribution in [0.4, 0.5) is 4.79 Å². The third kappa shape index (κ3) is 4.02. The number of urea groups is 1. The van der Waals surface area contributed by atoms with E-state index in [1.165, 1.54) is 5.01 Å². The van der Waals surface area contributed by atoms with Crippen LogP contribution < -0.4 is 10.1 Å². The second-order valence-corrected chi connectivity index (χ2v) is 9.06. The van der Waals surface area contributed by atoms with Gasteiger partial charge < -0.3 is 14.5 Å². The number of carbonyl (C=O) groups excluding carboxylic acids is 3. The summed E-state index contributed by atoms with van der Waals surface area (Å²) in [6.07, 6.45) is 1.99. The number of carbonyl (C=O) groups is 3. The first-order chi connectivity index (χ1) is 17.3. The first-order valence-electron chi connectivity index (χ1n) is 11.6. The molecule has 1 aromatic heterocycles. The molecule has 1 N–H and O–H groups in total. The number of ether oxygens (including phenoxy) is 1. The number of hydrogen-bond donors (Lipinski definition) is 1. The number of amides is 4. The molecule has 1 fully saturated rings. The lowest BCUT2D eigenvalue weighted by Crippen LogP contribution is -2.43. The largest absolute Gasteiger partial charge is 0.497 e. The highest BCUT2D eigenvalue weighted by Crippen LogP contribution is 2.34. The summed E-state index contributed by atoms with van der Waals surface area (Å²) in [6, 6.07) is 17.2. The molecule has 1 saturated heterocycles. The van der Waals surface area contributed by atoms with Crippen LogP contribution in [-0.4, -0.2) is 47.1 Å². The van der Waals surface area contributed by atoms with E-state index in [0.29, 0.717) is 23.5 Å². The number of hydrogen-bond acceptors (Lipinski definition) is 6. The summed E-state index contributed by atoms with van der Waals surface area (Å²) < 4.78 is 10.8. The van der Waals surface area contributed by atoms with Gasteiger partial charge in [-0.05, 0) is 49.2 Å². The zero-order valence-corrected chi connectivity index (χ0v) is 20.2. The number of rotatable bonds is 6. The van der Waals surface area contributed by atoms with Crippen molar-refractivity contribution in [1.82, 2.24) is 15.2 Å². The molecule has 3 heterocycles. The Morgan fingerprint density at radius 2 is 1.86 bits per heavy atom. The zero-order valence-electron chi connectivity index (χ0n) is 20.2. The lowest BCUT2D eigenvalue weighted by atomic mass is 9.92. The molecule has 2 atom stereocenters. The molecular weight excluding hydrogens is 460 g/mol. The summed E-state index contributed by atoms with van der Waals surface area (Å²) in [5, 5.41) is 8.64. The van der Waals surface area contributed by atoms with Crippen molar-refractivity contribution in [2.24, 2.45) is 5.10 Å². The van der Waals surface area contributed by atoms with Crippen molar-refractivity contribution in [3.05, 3.63) is 89.4 Å². The molecule has 0 saturated carbocycles. The van der Waals surface area contributed by atoms with Gasteiger partial charge >= 0.3 is 6.03 Å². The van der Waals surface area contributed by atoms with Crippen LogP contribution in [0.2, 0.25) is 0 Å². The molecule has 0 aliphatic carbocycles. The summed E-state index contributed by atoms with van der Waals surface area (Å²) >= 11 is 0. The number of furan rings is 1. The van der Waals surface area contributed by atoms with E-state index in [9.17, 15) is 14.4 Å². The molecule has 0 radical (unpaired) electrons. The molecule has 5 rings (SSSR count). The molecule has 2 aliphatic rings. The van der Waals surface area contributed by atoms with E-state index in [0.717, 1.165) is 21.7 Å². The Kier molecular flexibility index (Phi) is 5.83. The van der Waals surface area contributed by atoms with Gasteiger partial charge in [-0.2, -0.15) is 5.10 Å². The summed E-state index contributed by atoms with van der Waals surface area (Å²) in [5.74, 6) is 0.212. The number of benzene rings is 2. The molecular formula is C27H26N4O5. The minimum Gasteiger partial charge on any atom is -0.497 e. The van der Waals surface area contributed by atoms with Gasteiger partial charge in [0.1, 0.15) is 29.6 Å². The molecule has 184 valence electrons. The van der Waals surface area contributed by atoms with Gasteiger partial charge in [0.25, 0.3) is 11.8 Å². The summed E-state index contributed by atoms with van der Waals surface area (Å²) in [5.41, 5.74) is 2.03. The fourth-order valence-electron chi connectivity index (χ4n) is 4.53. The number of imide groups is 1. The van der Waals surface area contributed by atoms with E-state index in [2.05, 4.69) is 10.4 Å². The van der Waals surface area contributed by atoms with Crippen LogP contribution in [0.3, 0.4) is 0 Å². The lowest BCUT2D eigenvalue weighted by Gasteiger charge is -2.24. The highest BCUT2D eigenvalue weighted by atomic mass is 16.5. The Hall–Kier alpha value is -4.40. The van der Waals surface area contributed by atoms with Crippen molar-refractivity contribution in [2.45, 2.75) is 31.8 Å². The number of methoxy groups -OCH3 is 1. The fraction of sp³-hybridized carbons (Fsp3) is 0.259. The Labute approximate surface area is 208 Å². The normalized spacial score (nSPS) is 21.5. The van der Waals surface area contributed by atoms with Gasteiger partial charge in [-0.1, -0.05) is 42.0 Å². The Balaban J connectivity index is 1.39. The topological polar surface area (TPSA) is 104 Å². The third-order valence-corrected chi connectivity index (χ3v) is 6.66. The number of nitrogens with one attached hydrogen (secondary N) is 1. The van der Waals surface area contributed by atoms with Crippen molar-refractivity contribution in [2.75, 3.05) is 13.7 Å². The molecule has 2 aliphatic heterocycles. The van der Waals surface area contributed by atoms with Gasteiger partial charge in [-0.15, -0.1) is 0 Å². The summed E-state index contributed by atoms with van der Waals surface area (Å²) in [7, 11) is 1.55. The maximum absolute atomic E-state index is 13.4. The minimum atomic E-state index is -1.30. The van der Waals surface area contributed by atoms with Crippen LogP contribution in [-0.2, 0) is 15.1 Å². The smallest absolute Gasteiger partial charge is 0.325 e. The van der Waals surface area contributed by atoms with Crippen LogP contribution in [0.1, 0.15) is 41.8 Å². The van der Waals surface area contributed by atoms with E-state index < -0.39 is 36.0 Å². The Morgan fingerprint density at radius 1 is 1.14 bits per heavy atom. The maximum Gasteiger partial charge on any atom is 0.325 e. The van der Waals surface area contributed by atoms with Crippen molar-refractivity contribution in [3.63, 3.8) is 0 Å². The molecule has 0 bridgehead atoms. The highest BCUT2D eigenvalue weighted by Gasteiger charge is 2.50. The van der Waals surface area contributed by atoms with E-state index in [-0.39, 0.29) is 0 Å². The molecule has 0 unspecified atom stereocenters. The van der Waals surface area contributed by atoms with Crippen molar-refractivity contribution < 1.29 is 23.5 Å². The van der Waals surface area contributed by atoms with Crippen molar-refractivity contribution in [1.29, 1.82) is 0 Å². The summed E-state index contributed by atoms with van der Waals surface area (Å²) in [6.45, 7) is 3.17. The average Bonchev–Trinajstić information content (AvgIpc) is 3.61. The van der Waals surface area contributed by atoms with Crippen LogP contribution in [0.25, 0.3) is 0 Å². The molecule has 2 aromatic carbocycles. The predicted octanol–water partition coefficient (Wildman–Crippen LogP) is 3.74. The highest BCUT2D eigenvalue weighted by molar-refractivity contribution is 6.09. The molecule has 0 spiro atoms. The van der Waals surface area contributed by atoms with Gasteiger partial charge in [0.15, 0.2) is 0 Å². The molecule has 4 amide bonds. The van der Waals surface area contributed by atoms with E-state index in [4.69, 9.17) is 9.15 Å². The zero-order chi connectivity index (χ0) is 25.4. The van der Waals surface area contributed by atoms with Gasteiger partial charge in [0.05, 0.1) is 19.1 Å². The monoisotopic (exact) mass is 486 g/mol. The molecule has 3 aromatic rings. The first-order valence-corrected chi connectivity index (χ1v) is 11.6. The average molecular weight is 487 g/mol. The van der Waals surface area contributed by atoms with Crippen molar-refractivity contribution in [3.8, 4) is 5.75 Å². The van der Waals surface area contributed by atoms with Crippen molar-refractivity contribution >= 4 is 23.6 Å². The van der Waals surface area contributed by atoms with E-state index in [1.807, 2.05) is 31.2 Å². The quantitative estimate of drug-likeness (QED) is 0.535. The lowest BCUT2D eigenvalue weighted by molar-refractivity contribution is -0.140. The van der Waals surface area contributed by atoms with E-state index in [1.54, 1.807) is 56.7 Å². The number of nitrogens with zero attached hydrogens (tertiary/aromatic N) is 3. The van der Waals surface area contributed by atoms with Gasteiger partial charge in [0, 0.05) is 6.42 Å². The minimum absolute atomic E-state index is 0.446. The van der Waals surface area contributed by atoms with Gasteiger partial charge in [-0.25, -0.2) is 9.80 Å². The van der Waals surface area contributed by atoms with Crippen LogP contribution >= 0.6 is 0 Å².